The zero-order valence-electron chi connectivity index (χ0n) is 13.0. The second-order valence-electron chi connectivity index (χ2n) is 5.61. The Hall–Kier alpha value is -1.88. The van der Waals surface area contributed by atoms with E-state index < -0.39 is 6.04 Å². The van der Waals surface area contributed by atoms with E-state index in [9.17, 15) is 9.59 Å². The summed E-state index contributed by atoms with van der Waals surface area (Å²) in [7, 11) is 0. The quantitative estimate of drug-likeness (QED) is 0.722. The molecule has 0 saturated heterocycles. The largest absolute Gasteiger partial charge is 0.326 e. The van der Waals surface area contributed by atoms with Gasteiger partial charge >= 0.3 is 0 Å². The molecule has 1 unspecified atom stereocenters. The Labute approximate surface area is 126 Å². The van der Waals surface area contributed by atoms with Crippen LogP contribution in [0.5, 0.6) is 0 Å². The topological polar surface area (TPSA) is 84.2 Å². The van der Waals surface area contributed by atoms with Gasteiger partial charge < -0.3 is 16.4 Å². The first-order valence-corrected chi connectivity index (χ1v) is 7.38. The van der Waals surface area contributed by atoms with Gasteiger partial charge in [0, 0.05) is 17.8 Å². The standard InChI is InChI=1S/C16H25N3O2/c1-4-5-14(17)16(21)19-13-8-6-12(7-9-13)18-15(20)10-11(2)3/h6-9,11,14H,4-5,10,17H2,1-3H3,(H,18,20)(H,19,21). The van der Waals surface area contributed by atoms with E-state index in [1.54, 1.807) is 24.3 Å². The minimum atomic E-state index is -0.486. The molecule has 0 aromatic heterocycles. The van der Waals surface area contributed by atoms with Crippen LogP contribution >= 0.6 is 0 Å². The molecule has 0 radical (unpaired) electrons. The van der Waals surface area contributed by atoms with Crippen molar-refractivity contribution in [1.82, 2.24) is 0 Å². The highest BCUT2D eigenvalue weighted by Crippen LogP contribution is 2.15. The molecule has 21 heavy (non-hydrogen) atoms. The second kappa shape index (κ2) is 8.42. The smallest absolute Gasteiger partial charge is 0.241 e. The molecule has 1 rings (SSSR count). The van der Waals surface area contributed by atoms with Crippen LogP contribution in [0.25, 0.3) is 0 Å². The molecule has 0 spiro atoms. The molecule has 0 aliphatic rings. The number of anilines is 2. The Morgan fingerprint density at radius 3 is 2.10 bits per heavy atom. The minimum Gasteiger partial charge on any atom is -0.326 e. The van der Waals surface area contributed by atoms with Crippen LogP contribution < -0.4 is 16.4 Å². The molecule has 0 aliphatic carbocycles. The van der Waals surface area contributed by atoms with Gasteiger partial charge in [0.1, 0.15) is 0 Å². The molecular weight excluding hydrogens is 266 g/mol. The molecule has 1 aromatic carbocycles. The predicted octanol–water partition coefficient (Wildman–Crippen LogP) is 2.74. The first kappa shape index (κ1) is 17.2. The van der Waals surface area contributed by atoms with Crippen molar-refractivity contribution >= 4 is 23.2 Å². The number of nitrogens with one attached hydrogen (secondary N) is 2. The molecule has 2 amide bonds. The van der Waals surface area contributed by atoms with Gasteiger partial charge in [-0.25, -0.2) is 0 Å². The average molecular weight is 291 g/mol. The van der Waals surface area contributed by atoms with Crippen molar-refractivity contribution in [2.24, 2.45) is 11.7 Å². The lowest BCUT2D eigenvalue weighted by atomic mass is 10.1. The summed E-state index contributed by atoms with van der Waals surface area (Å²) in [6, 6.07) is 6.54. The fourth-order valence-corrected chi connectivity index (χ4v) is 1.90. The normalized spacial score (nSPS) is 12.0. The molecule has 116 valence electrons. The predicted molar refractivity (Wildman–Crippen MR) is 86.0 cm³/mol. The van der Waals surface area contributed by atoms with Crippen LogP contribution in [0.1, 0.15) is 40.0 Å². The summed E-state index contributed by atoms with van der Waals surface area (Å²) in [5.41, 5.74) is 7.14. The van der Waals surface area contributed by atoms with Crippen LogP contribution in [-0.4, -0.2) is 17.9 Å². The van der Waals surface area contributed by atoms with Crippen molar-refractivity contribution < 1.29 is 9.59 Å². The first-order chi connectivity index (χ1) is 9.92. The molecule has 4 N–H and O–H groups in total. The van der Waals surface area contributed by atoms with Crippen molar-refractivity contribution in [2.45, 2.75) is 46.1 Å². The number of carbonyl (C=O) groups excluding carboxylic acids is 2. The Bertz CT molecular complexity index is 469. The molecule has 0 saturated carbocycles. The highest BCUT2D eigenvalue weighted by atomic mass is 16.2. The number of hydrogen-bond donors (Lipinski definition) is 3. The third-order valence-electron chi connectivity index (χ3n) is 2.97. The van der Waals surface area contributed by atoms with Gasteiger partial charge in [-0.05, 0) is 36.6 Å². The van der Waals surface area contributed by atoms with Gasteiger partial charge in [-0.15, -0.1) is 0 Å². The second-order valence-corrected chi connectivity index (χ2v) is 5.61. The average Bonchev–Trinajstić information content (AvgIpc) is 2.40. The SMILES string of the molecule is CCCC(N)C(=O)Nc1ccc(NC(=O)CC(C)C)cc1. The summed E-state index contributed by atoms with van der Waals surface area (Å²) in [6.07, 6.45) is 2.02. The summed E-state index contributed by atoms with van der Waals surface area (Å²) in [5, 5.41) is 5.58. The Morgan fingerprint density at radius 1 is 1.10 bits per heavy atom. The van der Waals surface area contributed by atoms with E-state index in [0.29, 0.717) is 24.4 Å². The van der Waals surface area contributed by atoms with E-state index in [1.165, 1.54) is 0 Å². The van der Waals surface area contributed by atoms with E-state index in [-0.39, 0.29) is 11.8 Å². The van der Waals surface area contributed by atoms with E-state index in [0.717, 1.165) is 12.1 Å². The first-order valence-electron chi connectivity index (χ1n) is 7.38. The monoisotopic (exact) mass is 291 g/mol. The van der Waals surface area contributed by atoms with Crippen LogP contribution in [0.2, 0.25) is 0 Å². The van der Waals surface area contributed by atoms with E-state index in [4.69, 9.17) is 5.73 Å². The minimum absolute atomic E-state index is 0.00764. The molecular formula is C16H25N3O2. The molecule has 5 heteroatoms. The zero-order chi connectivity index (χ0) is 15.8. The van der Waals surface area contributed by atoms with Crippen molar-refractivity contribution in [2.75, 3.05) is 10.6 Å². The molecule has 5 nitrogen and oxygen atoms in total. The van der Waals surface area contributed by atoms with Gasteiger partial charge in [0.25, 0.3) is 0 Å². The maximum Gasteiger partial charge on any atom is 0.241 e. The molecule has 1 atom stereocenters. The van der Waals surface area contributed by atoms with Crippen molar-refractivity contribution in [3.8, 4) is 0 Å². The number of benzene rings is 1. The summed E-state index contributed by atoms with van der Waals surface area (Å²) >= 11 is 0. The molecule has 0 aliphatic heterocycles. The summed E-state index contributed by atoms with van der Waals surface area (Å²) in [5.74, 6) is 0.129. The van der Waals surface area contributed by atoms with Gasteiger partial charge in [-0.1, -0.05) is 27.2 Å². The maximum absolute atomic E-state index is 11.8. The summed E-state index contributed by atoms with van der Waals surface area (Å²) in [4.78, 5) is 23.4. The third-order valence-corrected chi connectivity index (χ3v) is 2.97. The van der Waals surface area contributed by atoms with Gasteiger partial charge in [0.15, 0.2) is 0 Å². The van der Waals surface area contributed by atoms with Crippen LogP contribution in [0.15, 0.2) is 24.3 Å². The zero-order valence-corrected chi connectivity index (χ0v) is 13.0. The molecule has 1 aromatic rings. The van der Waals surface area contributed by atoms with Gasteiger partial charge in [0.2, 0.25) is 11.8 Å². The van der Waals surface area contributed by atoms with Crippen LogP contribution in [0.4, 0.5) is 11.4 Å². The van der Waals surface area contributed by atoms with Crippen LogP contribution in [0.3, 0.4) is 0 Å². The fraction of sp³-hybridized carbons (Fsp3) is 0.500. The van der Waals surface area contributed by atoms with E-state index in [1.807, 2.05) is 20.8 Å². The molecule has 0 fully saturated rings. The lowest BCUT2D eigenvalue weighted by Crippen LogP contribution is -2.35. The number of rotatable bonds is 7. The lowest BCUT2D eigenvalue weighted by molar-refractivity contribution is -0.118. The van der Waals surface area contributed by atoms with Gasteiger partial charge in [-0.3, -0.25) is 9.59 Å². The number of nitrogens with two attached hydrogens (primary N) is 1. The maximum atomic E-state index is 11.8. The van der Waals surface area contributed by atoms with Gasteiger partial charge in [-0.2, -0.15) is 0 Å². The van der Waals surface area contributed by atoms with Crippen molar-refractivity contribution in [1.29, 1.82) is 0 Å². The summed E-state index contributed by atoms with van der Waals surface area (Å²) < 4.78 is 0. The number of hydrogen-bond acceptors (Lipinski definition) is 3. The van der Waals surface area contributed by atoms with Crippen molar-refractivity contribution in [3.63, 3.8) is 0 Å². The van der Waals surface area contributed by atoms with Gasteiger partial charge in [0.05, 0.1) is 6.04 Å². The van der Waals surface area contributed by atoms with Crippen molar-refractivity contribution in [3.05, 3.63) is 24.3 Å². The number of carbonyl (C=O) groups is 2. The highest BCUT2D eigenvalue weighted by Gasteiger charge is 2.12. The Balaban J connectivity index is 2.54. The highest BCUT2D eigenvalue weighted by molar-refractivity contribution is 5.95. The van der Waals surface area contributed by atoms with Crippen LogP contribution in [-0.2, 0) is 9.59 Å². The Morgan fingerprint density at radius 2 is 1.62 bits per heavy atom. The molecule has 0 heterocycles. The summed E-state index contributed by atoms with van der Waals surface area (Å²) in [6.45, 7) is 5.98. The van der Waals surface area contributed by atoms with E-state index >= 15 is 0 Å². The van der Waals surface area contributed by atoms with Crippen LogP contribution in [0, 0.1) is 5.92 Å². The number of amides is 2. The Kier molecular flexibility index (Phi) is 6.88. The molecule has 0 bridgehead atoms. The third kappa shape index (κ3) is 6.40. The fourth-order valence-electron chi connectivity index (χ4n) is 1.90. The van der Waals surface area contributed by atoms with E-state index in [2.05, 4.69) is 10.6 Å². The lowest BCUT2D eigenvalue weighted by Gasteiger charge is -2.12.